The minimum Gasteiger partial charge on any atom is -0.480 e. The molecule has 5 nitrogen and oxygen atoms in total. The Labute approximate surface area is 106 Å². The van der Waals surface area contributed by atoms with E-state index < -0.39 is 11.5 Å². The molecule has 0 fully saturated rings. The van der Waals surface area contributed by atoms with Crippen LogP contribution in [0.1, 0.15) is 17.3 Å². The zero-order valence-corrected chi connectivity index (χ0v) is 10.8. The number of carboxylic acid groups (broad SMARTS) is 1. The number of nitrogens with one attached hydrogen (secondary N) is 1. The van der Waals surface area contributed by atoms with Crippen molar-refractivity contribution in [1.82, 2.24) is 10.2 Å². The Morgan fingerprint density at radius 3 is 2.28 bits per heavy atom. The van der Waals surface area contributed by atoms with Crippen LogP contribution < -0.4 is 5.32 Å². The Morgan fingerprint density at radius 2 is 1.83 bits per heavy atom. The topological polar surface area (TPSA) is 69.6 Å². The van der Waals surface area contributed by atoms with Crippen molar-refractivity contribution >= 4 is 11.9 Å². The number of rotatable bonds is 5. The average molecular weight is 250 g/mol. The van der Waals surface area contributed by atoms with Crippen molar-refractivity contribution in [2.24, 2.45) is 0 Å². The molecule has 0 radical (unpaired) electrons. The number of carboxylic acids is 1. The molecule has 0 aliphatic heterocycles. The van der Waals surface area contributed by atoms with Crippen LogP contribution in [-0.2, 0) is 4.79 Å². The molecule has 0 saturated carbocycles. The van der Waals surface area contributed by atoms with E-state index in [0.717, 1.165) is 0 Å². The van der Waals surface area contributed by atoms with E-state index in [1.165, 1.54) is 0 Å². The van der Waals surface area contributed by atoms with E-state index in [0.29, 0.717) is 5.56 Å². The monoisotopic (exact) mass is 250 g/mol. The SMILES string of the molecule is CN(C)C(C)(CNC(=O)c1ccccc1)C(=O)O. The standard InChI is InChI=1S/C13H18N2O3/c1-13(12(17)18,15(2)3)9-14-11(16)10-7-5-4-6-8-10/h4-8H,9H2,1-3H3,(H,14,16)(H,17,18). The van der Waals surface area contributed by atoms with Gasteiger partial charge in [-0.15, -0.1) is 0 Å². The highest BCUT2D eigenvalue weighted by molar-refractivity contribution is 5.94. The summed E-state index contributed by atoms with van der Waals surface area (Å²) in [5.74, 6) is -1.24. The van der Waals surface area contributed by atoms with E-state index in [1.807, 2.05) is 6.07 Å². The number of aliphatic carboxylic acids is 1. The van der Waals surface area contributed by atoms with Gasteiger partial charge in [0.15, 0.2) is 0 Å². The Morgan fingerprint density at radius 1 is 1.28 bits per heavy atom. The molecule has 1 aromatic rings. The summed E-state index contributed by atoms with van der Waals surface area (Å²) in [5, 5.41) is 11.8. The molecule has 2 N–H and O–H groups in total. The zero-order chi connectivity index (χ0) is 13.8. The average Bonchev–Trinajstić information content (AvgIpc) is 2.36. The maximum absolute atomic E-state index is 11.8. The summed E-state index contributed by atoms with van der Waals surface area (Å²) in [5.41, 5.74) is -0.603. The summed E-state index contributed by atoms with van der Waals surface area (Å²) < 4.78 is 0. The van der Waals surface area contributed by atoms with E-state index in [2.05, 4.69) is 5.32 Å². The van der Waals surface area contributed by atoms with E-state index in [-0.39, 0.29) is 12.5 Å². The van der Waals surface area contributed by atoms with E-state index in [1.54, 1.807) is 50.2 Å². The van der Waals surface area contributed by atoms with Gasteiger partial charge in [-0.05, 0) is 33.2 Å². The number of amides is 1. The van der Waals surface area contributed by atoms with Gasteiger partial charge in [-0.25, -0.2) is 0 Å². The van der Waals surface area contributed by atoms with Crippen LogP contribution in [0.3, 0.4) is 0 Å². The van der Waals surface area contributed by atoms with Crippen LogP contribution in [0.4, 0.5) is 0 Å². The van der Waals surface area contributed by atoms with Gasteiger partial charge >= 0.3 is 5.97 Å². The van der Waals surface area contributed by atoms with Crippen molar-refractivity contribution in [3.63, 3.8) is 0 Å². The number of benzene rings is 1. The third-order valence-electron chi connectivity index (χ3n) is 3.08. The van der Waals surface area contributed by atoms with Crippen LogP contribution in [0.2, 0.25) is 0 Å². The third kappa shape index (κ3) is 3.07. The quantitative estimate of drug-likeness (QED) is 0.811. The fourth-order valence-corrected chi connectivity index (χ4v) is 1.37. The smallest absolute Gasteiger partial charge is 0.325 e. The van der Waals surface area contributed by atoms with Crippen LogP contribution in [0.5, 0.6) is 0 Å². The lowest BCUT2D eigenvalue weighted by molar-refractivity contribution is -0.148. The molecule has 0 aliphatic carbocycles. The molecule has 18 heavy (non-hydrogen) atoms. The lowest BCUT2D eigenvalue weighted by Gasteiger charge is -2.32. The van der Waals surface area contributed by atoms with Crippen LogP contribution in [0.25, 0.3) is 0 Å². The Kier molecular flexibility index (Phi) is 4.44. The normalized spacial score (nSPS) is 14.0. The molecule has 1 rings (SSSR count). The van der Waals surface area contributed by atoms with Gasteiger partial charge in [0.05, 0.1) is 0 Å². The highest BCUT2D eigenvalue weighted by Crippen LogP contribution is 2.10. The second kappa shape index (κ2) is 5.64. The first kappa shape index (κ1) is 14.2. The van der Waals surface area contributed by atoms with Crippen LogP contribution >= 0.6 is 0 Å². The van der Waals surface area contributed by atoms with Crippen molar-refractivity contribution in [2.75, 3.05) is 20.6 Å². The number of carbonyl (C=O) groups excluding carboxylic acids is 1. The van der Waals surface area contributed by atoms with Gasteiger partial charge in [-0.1, -0.05) is 18.2 Å². The number of nitrogens with zero attached hydrogens (tertiary/aromatic N) is 1. The van der Waals surface area contributed by atoms with Gasteiger partial charge in [-0.2, -0.15) is 0 Å². The van der Waals surface area contributed by atoms with E-state index in [9.17, 15) is 14.7 Å². The molecule has 0 aromatic heterocycles. The second-order valence-corrected chi connectivity index (χ2v) is 4.52. The van der Waals surface area contributed by atoms with Gasteiger partial charge in [0.2, 0.25) is 0 Å². The Hall–Kier alpha value is -1.88. The molecule has 1 amide bonds. The first-order valence-electron chi connectivity index (χ1n) is 5.62. The molecular formula is C13H18N2O3. The summed E-state index contributed by atoms with van der Waals surface area (Å²) in [6.45, 7) is 1.61. The number of likely N-dealkylation sites (N-methyl/N-ethyl adjacent to an activating group) is 1. The second-order valence-electron chi connectivity index (χ2n) is 4.52. The van der Waals surface area contributed by atoms with E-state index >= 15 is 0 Å². The van der Waals surface area contributed by atoms with Crippen molar-refractivity contribution in [2.45, 2.75) is 12.5 Å². The van der Waals surface area contributed by atoms with Crippen molar-refractivity contribution < 1.29 is 14.7 Å². The van der Waals surface area contributed by atoms with Gasteiger partial charge in [0.25, 0.3) is 5.91 Å². The number of carbonyl (C=O) groups is 2. The van der Waals surface area contributed by atoms with Crippen LogP contribution in [-0.4, -0.2) is 48.1 Å². The van der Waals surface area contributed by atoms with Crippen molar-refractivity contribution in [3.05, 3.63) is 35.9 Å². The summed E-state index contributed by atoms with van der Waals surface area (Å²) in [7, 11) is 3.34. The molecule has 1 aromatic carbocycles. The van der Waals surface area contributed by atoms with Crippen molar-refractivity contribution in [3.8, 4) is 0 Å². The molecule has 0 heterocycles. The molecule has 98 valence electrons. The largest absolute Gasteiger partial charge is 0.480 e. The number of hydrogen-bond donors (Lipinski definition) is 2. The predicted octanol–water partition coefficient (Wildman–Crippen LogP) is 0.821. The molecule has 1 unspecified atom stereocenters. The lowest BCUT2D eigenvalue weighted by Crippen LogP contribution is -2.56. The molecule has 0 bridgehead atoms. The lowest BCUT2D eigenvalue weighted by atomic mass is 10.0. The minimum absolute atomic E-state index is 0.0447. The summed E-state index contributed by atoms with van der Waals surface area (Å²) in [6.07, 6.45) is 0. The zero-order valence-electron chi connectivity index (χ0n) is 10.8. The Bertz CT molecular complexity index is 431. The molecule has 0 spiro atoms. The fraction of sp³-hybridized carbons (Fsp3) is 0.385. The maximum Gasteiger partial charge on any atom is 0.325 e. The molecule has 1 atom stereocenters. The highest BCUT2D eigenvalue weighted by Gasteiger charge is 2.35. The van der Waals surface area contributed by atoms with Gasteiger partial charge < -0.3 is 10.4 Å². The van der Waals surface area contributed by atoms with Gasteiger partial charge in [-0.3, -0.25) is 14.5 Å². The number of hydrogen-bond acceptors (Lipinski definition) is 3. The molecule has 0 aliphatic rings. The van der Waals surface area contributed by atoms with Gasteiger partial charge in [0.1, 0.15) is 5.54 Å². The Balaban J connectivity index is 2.70. The van der Waals surface area contributed by atoms with Crippen molar-refractivity contribution in [1.29, 1.82) is 0 Å². The molecule has 5 heteroatoms. The summed E-state index contributed by atoms with van der Waals surface area (Å²) in [6, 6.07) is 8.71. The predicted molar refractivity (Wildman–Crippen MR) is 68.5 cm³/mol. The van der Waals surface area contributed by atoms with E-state index in [4.69, 9.17) is 0 Å². The third-order valence-corrected chi connectivity index (χ3v) is 3.08. The van der Waals surface area contributed by atoms with Crippen LogP contribution in [0, 0.1) is 0 Å². The molecular weight excluding hydrogens is 232 g/mol. The summed E-state index contributed by atoms with van der Waals surface area (Å²) in [4.78, 5) is 24.6. The van der Waals surface area contributed by atoms with Crippen LogP contribution in [0.15, 0.2) is 30.3 Å². The first-order valence-corrected chi connectivity index (χ1v) is 5.62. The first-order chi connectivity index (χ1) is 8.38. The molecule has 0 saturated heterocycles. The summed E-state index contributed by atoms with van der Waals surface area (Å²) >= 11 is 0. The maximum atomic E-state index is 11.8. The van der Waals surface area contributed by atoms with Gasteiger partial charge in [0, 0.05) is 12.1 Å². The fourth-order valence-electron chi connectivity index (χ4n) is 1.37. The minimum atomic E-state index is -1.12. The highest BCUT2D eigenvalue weighted by atomic mass is 16.4.